The molecule has 0 fully saturated rings. The van der Waals surface area contributed by atoms with Crippen LogP contribution in [0.5, 0.6) is 5.75 Å². The molecule has 0 bridgehead atoms. The zero-order chi connectivity index (χ0) is 19.6. The number of ether oxygens (including phenoxy) is 1. The monoisotopic (exact) mass is 363 g/mol. The molecule has 1 amide bonds. The van der Waals surface area contributed by atoms with Crippen molar-refractivity contribution in [2.45, 2.75) is 39.0 Å². The van der Waals surface area contributed by atoms with Crippen LogP contribution in [0.1, 0.15) is 55.7 Å². The molecular formula is C24H29NO2. The molecule has 2 rings (SSSR count). The van der Waals surface area contributed by atoms with Gasteiger partial charge in [0.15, 0.2) is 0 Å². The molecule has 0 saturated heterocycles. The van der Waals surface area contributed by atoms with Crippen LogP contribution in [0.3, 0.4) is 0 Å². The average molecular weight is 364 g/mol. The van der Waals surface area contributed by atoms with E-state index in [-0.39, 0.29) is 5.91 Å². The molecule has 1 atom stereocenters. The fourth-order valence-corrected chi connectivity index (χ4v) is 2.62. The highest BCUT2D eigenvalue weighted by Gasteiger charge is 2.10. The number of carbonyl (C=O) groups excluding carboxylic acids is 1. The van der Waals surface area contributed by atoms with Crippen LogP contribution >= 0.6 is 0 Å². The lowest BCUT2D eigenvalue weighted by molar-refractivity contribution is -0.128. The molecule has 3 nitrogen and oxygen atoms in total. The van der Waals surface area contributed by atoms with Crippen LogP contribution in [-0.4, -0.2) is 31.5 Å². The van der Waals surface area contributed by atoms with E-state index >= 15 is 0 Å². The van der Waals surface area contributed by atoms with Gasteiger partial charge in [-0.05, 0) is 60.7 Å². The largest absolute Gasteiger partial charge is 0.494 e. The van der Waals surface area contributed by atoms with Crippen molar-refractivity contribution in [2.24, 2.45) is 0 Å². The summed E-state index contributed by atoms with van der Waals surface area (Å²) in [5.41, 5.74) is 3.20. The van der Waals surface area contributed by atoms with E-state index in [9.17, 15) is 4.79 Å². The van der Waals surface area contributed by atoms with Crippen LogP contribution < -0.4 is 4.74 Å². The number of nitrogens with zero attached hydrogens (tertiary/aromatic N) is 1. The molecule has 0 spiro atoms. The lowest BCUT2D eigenvalue weighted by atomic mass is 9.95. The smallest absolute Gasteiger partial charge is 0.222 e. The highest BCUT2D eigenvalue weighted by Crippen LogP contribution is 2.21. The third-order valence-corrected chi connectivity index (χ3v) is 4.45. The second-order valence-electron chi connectivity index (χ2n) is 6.97. The minimum absolute atomic E-state index is 0.176. The van der Waals surface area contributed by atoms with E-state index in [0.29, 0.717) is 12.3 Å². The summed E-state index contributed by atoms with van der Waals surface area (Å²) in [5.74, 6) is 7.81. The van der Waals surface area contributed by atoms with E-state index < -0.39 is 0 Å². The number of hydrogen-bond donors (Lipinski definition) is 0. The third kappa shape index (κ3) is 6.83. The molecule has 2 aromatic carbocycles. The predicted molar refractivity (Wildman–Crippen MR) is 111 cm³/mol. The SMILES string of the molecule is CCCOc1ccc(C#Cc2ccc(C(C)CCC(=O)N(C)C)cc2)cc1. The van der Waals surface area contributed by atoms with E-state index in [1.54, 1.807) is 19.0 Å². The Morgan fingerprint density at radius 1 is 1.00 bits per heavy atom. The molecule has 0 aliphatic heterocycles. The maximum absolute atomic E-state index is 11.7. The van der Waals surface area contributed by atoms with Gasteiger partial charge < -0.3 is 9.64 Å². The van der Waals surface area contributed by atoms with Gasteiger partial charge in [-0.3, -0.25) is 4.79 Å². The molecule has 0 aromatic heterocycles. The first-order chi connectivity index (χ1) is 13.0. The van der Waals surface area contributed by atoms with Gasteiger partial charge in [0.1, 0.15) is 5.75 Å². The van der Waals surface area contributed by atoms with Gasteiger partial charge >= 0.3 is 0 Å². The lowest BCUT2D eigenvalue weighted by Crippen LogP contribution is -2.21. The van der Waals surface area contributed by atoms with Gasteiger partial charge in [-0.15, -0.1) is 0 Å². The summed E-state index contributed by atoms with van der Waals surface area (Å²) in [6.07, 6.45) is 2.43. The van der Waals surface area contributed by atoms with Crippen molar-refractivity contribution in [1.82, 2.24) is 4.90 Å². The van der Waals surface area contributed by atoms with Gasteiger partial charge in [0.2, 0.25) is 5.91 Å². The molecule has 0 aliphatic rings. The van der Waals surface area contributed by atoms with Gasteiger partial charge in [-0.2, -0.15) is 0 Å². The molecule has 27 heavy (non-hydrogen) atoms. The minimum atomic E-state index is 0.176. The number of hydrogen-bond acceptors (Lipinski definition) is 2. The van der Waals surface area contributed by atoms with Gasteiger partial charge in [0.25, 0.3) is 0 Å². The fourth-order valence-electron chi connectivity index (χ4n) is 2.62. The predicted octanol–water partition coefficient (Wildman–Crippen LogP) is 4.85. The van der Waals surface area contributed by atoms with E-state index in [1.807, 2.05) is 36.4 Å². The maximum atomic E-state index is 11.7. The van der Waals surface area contributed by atoms with Gasteiger partial charge in [0, 0.05) is 31.6 Å². The Labute approximate surface area is 163 Å². The summed E-state index contributed by atoms with van der Waals surface area (Å²) in [5, 5.41) is 0. The van der Waals surface area contributed by atoms with E-state index in [4.69, 9.17) is 4.74 Å². The fraction of sp³-hybridized carbons (Fsp3) is 0.375. The zero-order valence-electron chi connectivity index (χ0n) is 16.8. The molecule has 0 radical (unpaired) electrons. The second-order valence-corrected chi connectivity index (χ2v) is 6.97. The first kappa shape index (κ1) is 20.6. The molecule has 0 aliphatic carbocycles. The van der Waals surface area contributed by atoms with E-state index in [2.05, 4.69) is 37.8 Å². The van der Waals surface area contributed by atoms with Crippen molar-refractivity contribution in [2.75, 3.05) is 20.7 Å². The van der Waals surface area contributed by atoms with Crippen LogP contribution in [0.15, 0.2) is 48.5 Å². The van der Waals surface area contributed by atoms with Crippen molar-refractivity contribution in [3.63, 3.8) is 0 Å². The number of carbonyl (C=O) groups is 1. The van der Waals surface area contributed by atoms with Crippen LogP contribution in [0, 0.1) is 11.8 Å². The molecule has 142 valence electrons. The molecule has 3 heteroatoms. The Hall–Kier alpha value is -2.73. The Kier molecular flexibility index (Phi) is 7.95. The molecule has 1 unspecified atom stereocenters. The van der Waals surface area contributed by atoms with Crippen LogP contribution in [-0.2, 0) is 4.79 Å². The number of amides is 1. The van der Waals surface area contributed by atoms with E-state index in [0.717, 1.165) is 36.3 Å². The normalized spacial score (nSPS) is 11.3. The van der Waals surface area contributed by atoms with E-state index in [1.165, 1.54) is 5.56 Å². The summed E-state index contributed by atoms with van der Waals surface area (Å²) in [7, 11) is 3.60. The third-order valence-electron chi connectivity index (χ3n) is 4.45. The first-order valence-electron chi connectivity index (χ1n) is 9.54. The summed E-state index contributed by atoms with van der Waals surface area (Å²) in [6, 6.07) is 16.2. The first-order valence-corrected chi connectivity index (χ1v) is 9.54. The van der Waals surface area contributed by atoms with Gasteiger partial charge in [-0.1, -0.05) is 37.8 Å². The summed E-state index contributed by atoms with van der Waals surface area (Å²) in [6.45, 7) is 4.99. The van der Waals surface area contributed by atoms with Crippen molar-refractivity contribution in [3.8, 4) is 17.6 Å². The Morgan fingerprint density at radius 2 is 1.56 bits per heavy atom. The Morgan fingerprint density at radius 3 is 2.07 bits per heavy atom. The average Bonchev–Trinajstić information content (AvgIpc) is 2.69. The Bertz CT molecular complexity index is 780. The second kappa shape index (κ2) is 10.4. The highest BCUT2D eigenvalue weighted by atomic mass is 16.5. The lowest BCUT2D eigenvalue weighted by Gasteiger charge is -2.14. The Balaban J connectivity index is 1.94. The standard InChI is InChI=1S/C24H29NO2/c1-5-18-27-23-15-11-21(12-16-23)8-7-20-9-13-22(14-10-20)19(2)6-17-24(26)25(3)4/h9-16,19H,5-6,17-18H2,1-4H3. The van der Waals surface area contributed by atoms with Crippen molar-refractivity contribution in [3.05, 3.63) is 65.2 Å². The quantitative estimate of drug-likeness (QED) is 0.658. The minimum Gasteiger partial charge on any atom is -0.494 e. The van der Waals surface area contributed by atoms with Crippen molar-refractivity contribution < 1.29 is 9.53 Å². The van der Waals surface area contributed by atoms with Crippen molar-refractivity contribution >= 4 is 5.91 Å². The molecule has 0 saturated carbocycles. The number of rotatable bonds is 7. The van der Waals surface area contributed by atoms with Crippen LogP contribution in [0.2, 0.25) is 0 Å². The molecule has 2 aromatic rings. The molecule has 0 heterocycles. The summed E-state index contributed by atoms with van der Waals surface area (Å²) in [4.78, 5) is 13.4. The van der Waals surface area contributed by atoms with Crippen LogP contribution in [0.4, 0.5) is 0 Å². The number of benzene rings is 2. The van der Waals surface area contributed by atoms with Gasteiger partial charge in [-0.25, -0.2) is 0 Å². The zero-order valence-corrected chi connectivity index (χ0v) is 16.8. The van der Waals surface area contributed by atoms with Crippen LogP contribution in [0.25, 0.3) is 0 Å². The maximum Gasteiger partial charge on any atom is 0.222 e. The molecular weight excluding hydrogens is 334 g/mol. The highest BCUT2D eigenvalue weighted by molar-refractivity contribution is 5.75. The summed E-state index contributed by atoms with van der Waals surface area (Å²) >= 11 is 0. The topological polar surface area (TPSA) is 29.5 Å². The van der Waals surface area contributed by atoms with Crippen molar-refractivity contribution in [1.29, 1.82) is 0 Å². The van der Waals surface area contributed by atoms with Gasteiger partial charge in [0.05, 0.1) is 6.61 Å². The molecule has 0 N–H and O–H groups in total. The summed E-state index contributed by atoms with van der Waals surface area (Å²) < 4.78 is 5.58.